The van der Waals surface area contributed by atoms with Crippen molar-refractivity contribution in [3.63, 3.8) is 0 Å². The third kappa shape index (κ3) is 3.63. The van der Waals surface area contributed by atoms with Gasteiger partial charge in [0.15, 0.2) is 0 Å². The number of aryl methyl sites for hydroxylation is 1. The smallest absolute Gasteiger partial charge is 0.335 e. The first-order chi connectivity index (χ1) is 8.18. The van der Waals surface area contributed by atoms with Gasteiger partial charge >= 0.3 is 5.97 Å². The van der Waals surface area contributed by atoms with Gasteiger partial charge in [-0.25, -0.2) is 4.79 Å². The average molecular weight is 236 g/mol. The largest absolute Gasteiger partial charge is 0.478 e. The number of furan rings is 1. The minimum atomic E-state index is -0.914. The molecule has 0 aliphatic heterocycles. The van der Waals surface area contributed by atoms with Gasteiger partial charge in [0, 0.05) is 5.39 Å². The van der Waals surface area contributed by atoms with Crippen molar-refractivity contribution < 1.29 is 14.3 Å². The van der Waals surface area contributed by atoms with Gasteiger partial charge in [0.1, 0.15) is 5.58 Å². The van der Waals surface area contributed by atoms with E-state index in [4.69, 9.17) is 9.52 Å². The van der Waals surface area contributed by atoms with E-state index in [1.807, 2.05) is 34.6 Å². The first-order valence-corrected chi connectivity index (χ1v) is 5.89. The molecule has 0 fully saturated rings. The number of aromatic carboxylic acids is 1. The molecule has 3 nitrogen and oxygen atoms in total. The Bertz CT molecular complexity index is 469. The lowest BCUT2D eigenvalue weighted by Gasteiger charge is -1.93. The quantitative estimate of drug-likeness (QED) is 0.793. The highest BCUT2D eigenvalue weighted by molar-refractivity contribution is 5.93. The van der Waals surface area contributed by atoms with Crippen LogP contribution in [0.2, 0.25) is 0 Å². The van der Waals surface area contributed by atoms with Crippen LogP contribution >= 0.6 is 0 Å². The first kappa shape index (κ1) is 15.2. The van der Waals surface area contributed by atoms with Gasteiger partial charge in [0.2, 0.25) is 0 Å². The number of hydrogen-bond acceptors (Lipinski definition) is 2. The zero-order valence-electron chi connectivity index (χ0n) is 11.1. The molecule has 0 spiro atoms. The summed E-state index contributed by atoms with van der Waals surface area (Å²) in [4.78, 5) is 10.6. The lowest BCUT2D eigenvalue weighted by molar-refractivity contribution is 0.0697. The molecule has 0 bridgehead atoms. The molecule has 0 aliphatic rings. The molecule has 2 aromatic rings. The molecule has 0 aliphatic carbocycles. The fourth-order valence-electron chi connectivity index (χ4n) is 1.29. The van der Waals surface area contributed by atoms with Gasteiger partial charge in [0.05, 0.1) is 11.8 Å². The van der Waals surface area contributed by atoms with E-state index in [2.05, 4.69) is 0 Å². The Morgan fingerprint density at radius 1 is 1.18 bits per heavy atom. The standard InChI is InChI=1S/C10H8O3.2C2H6/c1-6-5-13-9-3-2-7(10(11)12)4-8(6)9;2*1-2/h2-5H,1H3,(H,11,12);2*1-2H3. The van der Waals surface area contributed by atoms with Gasteiger partial charge in [-0.3, -0.25) is 0 Å². The van der Waals surface area contributed by atoms with Gasteiger partial charge in [-0.15, -0.1) is 0 Å². The molecular formula is C14H20O3. The van der Waals surface area contributed by atoms with E-state index >= 15 is 0 Å². The van der Waals surface area contributed by atoms with Crippen molar-refractivity contribution in [2.45, 2.75) is 34.6 Å². The van der Waals surface area contributed by atoms with Gasteiger partial charge in [0.25, 0.3) is 0 Å². The van der Waals surface area contributed by atoms with Crippen LogP contribution in [0.15, 0.2) is 28.9 Å². The molecule has 2 rings (SSSR count). The lowest BCUT2D eigenvalue weighted by atomic mass is 10.1. The number of carboxylic acids is 1. The second kappa shape index (κ2) is 7.49. The van der Waals surface area contributed by atoms with Gasteiger partial charge < -0.3 is 9.52 Å². The van der Waals surface area contributed by atoms with Crippen molar-refractivity contribution in [1.82, 2.24) is 0 Å². The molecule has 1 aromatic carbocycles. The van der Waals surface area contributed by atoms with Gasteiger partial charge in [-0.2, -0.15) is 0 Å². The third-order valence-electron chi connectivity index (χ3n) is 2.01. The molecule has 3 heteroatoms. The second-order valence-electron chi connectivity index (χ2n) is 2.93. The fraction of sp³-hybridized carbons (Fsp3) is 0.357. The van der Waals surface area contributed by atoms with E-state index < -0.39 is 5.97 Å². The number of rotatable bonds is 1. The van der Waals surface area contributed by atoms with Crippen molar-refractivity contribution in [3.05, 3.63) is 35.6 Å². The summed E-state index contributed by atoms with van der Waals surface area (Å²) in [6.07, 6.45) is 1.62. The van der Waals surface area contributed by atoms with E-state index in [-0.39, 0.29) is 5.56 Å². The van der Waals surface area contributed by atoms with Crippen LogP contribution in [0.5, 0.6) is 0 Å². The minimum Gasteiger partial charge on any atom is -0.478 e. The number of fused-ring (bicyclic) bond motifs is 1. The molecule has 0 radical (unpaired) electrons. The highest BCUT2D eigenvalue weighted by atomic mass is 16.4. The van der Waals surface area contributed by atoms with Gasteiger partial charge in [-0.05, 0) is 30.7 Å². The first-order valence-electron chi connectivity index (χ1n) is 5.89. The Morgan fingerprint density at radius 3 is 2.29 bits per heavy atom. The second-order valence-corrected chi connectivity index (χ2v) is 2.93. The van der Waals surface area contributed by atoms with E-state index in [0.29, 0.717) is 0 Å². The maximum absolute atomic E-state index is 10.6. The van der Waals surface area contributed by atoms with Crippen LogP contribution in [-0.4, -0.2) is 11.1 Å². The van der Waals surface area contributed by atoms with Crippen molar-refractivity contribution >= 4 is 16.9 Å². The zero-order valence-corrected chi connectivity index (χ0v) is 11.1. The topological polar surface area (TPSA) is 50.4 Å². The van der Waals surface area contributed by atoms with E-state index in [1.165, 1.54) is 6.07 Å². The highest BCUT2D eigenvalue weighted by Crippen LogP contribution is 2.21. The summed E-state index contributed by atoms with van der Waals surface area (Å²) in [5.74, 6) is -0.914. The minimum absolute atomic E-state index is 0.289. The maximum atomic E-state index is 10.6. The molecule has 1 heterocycles. The van der Waals surface area contributed by atoms with Crippen LogP contribution in [0.1, 0.15) is 43.6 Å². The fourth-order valence-corrected chi connectivity index (χ4v) is 1.29. The Morgan fingerprint density at radius 2 is 1.76 bits per heavy atom. The van der Waals surface area contributed by atoms with Crippen LogP contribution in [0.25, 0.3) is 11.0 Å². The van der Waals surface area contributed by atoms with Crippen molar-refractivity contribution in [1.29, 1.82) is 0 Å². The zero-order chi connectivity index (χ0) is 13.4. The molecule has 0 atom stereocenters. The van der Waals surface area contributed by atoms with Crippen LogP contribution in [0, 0.1) is 6.92 Å². The number of benzene rings is 1. The monoisotopic (exact) mass is 236 g/mol. The predicted octanol–water partition coefficient (Wildman–Crippen LogP) is 4.49. The molecule has 94 valence electrons. The highest BCUT2D eigenvalue weighted by Gasteiger charge is 2.06. The summed E-state index contributed by atoms with van der Waals surface area (Å²) in [6.45, 7) is 9.89. The van der Waals surface area contributed by atoms with Crippen LogP contribution < -0.4 is 0 Å². The maximum Gasteiger partial charge on any atom is 0.335 e. The number of carboxylic acid groups (broad SMARTS) is 1. The number of carbonyl (C=O) groups is 1. The molecule has 0 unspecified atom stereocenters. The summed E-state index contributed by atoms with van der Waals surface area (Å²) in [5, 5.41) is 9.60. The Balaban J connectivity index is 0.000000581. The Hall–Kier alpha value is -1.77. The average Bonchev–Trinajstić information content (AvgIpc) is 2.75. The van der Waals surface area contributed by atoms with E-state index in [1.54, 1.807) is 18.4 Å². The Labute approximate surface area is 102 Å². The lowest BCUT2D eigenvalue weighted by Crippen LogP contribution is -1.94. The molecular weight excluding hydrogens is 216 g/mol. The van der Waals surface area contributed by atoms with Crippen molar-refractivity contribution in [2.24, 2.45) is 0 Å². The molecule has 0 saturated heterocycles. The molecule has 17 heavy (non-hydrogen) atoms. The van der Waals surface area contributed by atoms with Crippen LogP contribution in [0.3, 0.4) is 0 Å². The third-order valence-corrected chi connectivity index (χ3v) is 2.01. The van der Waals surface area contributed by atoms with Crippen molar-refractivity contribution in [2.75, 3.05) is 0 Å². The summed E-state index contributed by atoms with van der Waals surface area (Å²) in [7, 11) is 0. The summed E-state index contributed by atoms with van der Waals surface area (Å²) in [5.41, 5.74) is 1.97. The van der Waals surface area contributed by atoms with Crippen molar-refractivity contribution in [3.8, 4) is 0 Å². The SMILES string of the molecule is CC.CC.Cc1coc2ccc(C(=O)O)cc12. The molecule has 1 N–H and O–H groups in total. The summed E-state index contributed by atoms with van der Waals surface area (Å²) >= 11 is 0. The van der Waals surface area contributed by atoms with Gasteiger partial charge in [-0.1, -0.05) is 27.7 Å². The van der Waals surface area contributed by atoms with Crippen LogP contribution in [-0.2, 0) is 0 Å². The summed E-state index contributed by atoms with van der Waals surface area (Å²) < 4.78 is 5.19. The number of hydrogen-bond donors (Lipinski definition) is 1. The predicted molar refractivity (Wildman–Crippen MR) is 70.6 cm³/mol. The molecule has 0 amide bonds. The summed E-state index contributed by atoms with van der Waals surface area (Å²) in [6, 6.07) is 4.83. The normalized spacial score (nSPS) is 8.76. The Kier molecular flexibility index (Phi) is 6.71. The van der Waals surface area contributed by atoms with E-state index in [9.17, 15) is 4.79 Å². The van der Waals surface area contributed by atoms with E-state index in [0.717, 1.165) is 16.5 Å². The van der Waals surface area contributed by atoms with Crippen LogP contribution in [0.4, 0.5) is 0 Å². The molecule has 0 saturated carbocycles. The molecule has 1 aromatic heterocycles.